The van der Waals surface area contributed by atoms with E-state index < -0.39 is 10.0 Å². The largest absolute Gasteiger partial charge is 0.495 e. The average molecular weight is 423 g/mol. The highest BCUT2D eigenvalue weighted by atomic mass is 35.5. The number of likely N-dealkylation sites (tertiary alicyclic amines) is 1. The van der Waals surface area contributed by atoms with Crippen LogP contribution in [0.4, 0.5) is 0 Å². The van der Waals surface area contributed by atoms with Crippen LogP contribution in [0.3, 0.4) is 0 Å². The highest BCUT2D eigenvalue weighted by molar-refractivity contribution is 7.89. The summed E-state index contributed by atoms with van der Waals surface area (Å²) in [6.07, 6.45) is 0.954. The summed E-state index contributed by atoms with van der Waals surface area (Å²) in [6, 6.07) is 11.4. The lowest BCUT2D eigenvalue weighted by Crippen LogP contribution is -2.29. The first-order valence-electron chi connectivity index (χ1n) is 9.01. The molecule has 1 amide bonds. The molecule has 3 rings (SSSR count). The molecule has 1 atom stereocenters. The van der Waals surface area contributed by atoms with E-state index in [1.54, 1.807) is 35.2 Å². The molecule has 8 heteroatoms. The Morgan fingerprint density at radius 2 is 1.96 bits per heavy atom. The zero-order chi connectivity index (χ0) is 20.3. The maximum atomic E-state index is 12.9. The number of benzene rings is 2. The summed E-state index contributed by atoms with van der Waals surface area (Å²) in [7, 11) is -2.48. The van der Waals surface area contributed by atoms with Crippen LogP contribution in [0.2, 0.25) is 5.02 Å². The number of nitrogens with one attached hydrogen (secondary N) is 1. The topological polar surface area (TPSA) is 75.7 Å². The first-order chi connectivity index (χ1) is 13.3. The van der Waals surface area contributed by atoms with Crippen LogP contribution in [0.1, 0.15) is 29.3 Å². The van der Waals surface area contributed by atoms with E-state index in [-0.39, 0.29) is 23.1 Å². The number of hydrogen-bond acceptors (Lipinski definition) is 4. The molecule has 0 bridgehead atoms. The van der Waals surface area contributed by atoms with E-state index in [2.05, 4.69) is 11.6 Å². The smallest absolute Gasteiger partial charge is 0.253 e. The van der Waals surface area contributed by atoms with Crippen LogP contribution in [-0.2, 0) is 16.6 Å². The van der Waals surface area contributed by atoms with Gasteiger partial charge in [0, 0.05) is 30.2 Å². The molecule has 1 aliphatic rings. The zero-order valence-corrected chi connectivity index (χ0v) is 17.4. The Labute approximate surface area is 170 Å². The zero-order valence-electron chi connectivity index (χ0n) is 15.8. The summed E-state index contributed by atoms with van der Waals surface area (Å²) >= 11 is 5.86. The van der Waals surface area contributed by atoms with Crippen molar-refractivity contribution in [2.75, 3.05) is 20.2 Å². The van der Waals surface area contributed by atoms with Gasteiger partial charge in [0.1, 0.15) is 10.6 Å². The van der Waals surface area contributed by atoms with Crippen molar-refractivity contribution in [3.8, 4) is 5.75 Å². The van der Waals surface area contributed by atoms with Crippen molar-refractivity contribution in [2.24, 2.45) is 5.92 Å². The number of amides is 1. The maximum absolute atomic E-state index is 12.9. The van der Waals surface area contributed by atoms with E-state index in [1.165, 1.54) is 19.2 Å². The van der Waals surface area contributed by atoms with Gasteiger partial charge in [0.2, 0.25) is 10.0 Å². The molecule has 0 aliphatic carbocycles. The Hall–Kier alpha value is -2.09. The number of nitrogens with zero attached hydrogens (tertiary/aromatic N) is 1. The molecular weight excluding hydrogens is 400 g/mol. The summed E-state index contributed by atoms with van der Waals surface area (Å²) in [5.74, 6) is 0.475. The number of hydrogen-bond donors (Lipinski definition) is 1. The Kier molecular flexibility index (Phi) is 6.27. The first-order valence-corrected chi connectivity index (χ1v) is 10.9. The fraction of sp³-hybridized carbons (Fsp3) is 0.350. The molecule has 1 aliphatic heterocycles. The van der Waals surface area contributed by atoms with Gasteiger partial charge in [-0.25, -0.2) is 13.1 Å². The predicted molar refractivity (Wildman–Crippen MR) is 108 cm³/mol. The van der Waals surface area contributed by atoms with Crippen LogP contribution in [0, 0.1) is 5.92 Å². The van der Waals surface area contributed by atoms with E-state index in [0.717, 1.165) is 12.0 Å². The summed E-state index contributed by atoms with van der Waals surface area (Å²) in [6.45, 7) is 3.56. The standard InChI is InChI=1S/C20H23ClN2O4S/c1-14-9-10-23(13-14)20(24)16-5-8-18(27-2)19(11-16)28(25,26)22-12-15-3-6-17(21)7-4-15/h3-8,11,14,22H,9-10,12-13H2,1-2H3. The summed E-state index contributed by atoms with van der Waals surface area (Å²) in [4.78, 5) is 14.4. The van der Waals surface area contributed by atoms with Gasteiger partial charge in [0.15, 0.2) is 0 Å². The Morgan fingerprint density at radius 3 is 2.57 bits per heavy atom. The molecule has 2 aromatic carbocycles. The second-order valence-electron chi connectivity index (χ2n) is 6.96. The molecule has 28 heavy (non-hydrogen) atoms. The van der Waals surface area contributed by atoms with Crippen LogP contribution >= 0.6 is 11.6 Å². The number of halogens is 1. The number of sulfonamides is 1. The average Bonchev–Trinajstić information content (AvgIpc) is 3.13. The van der Waals surface area contributed by atoms with Gasteiger partial charge < -0.3 is 9.64 Å². The van der Waals surface area contributed by atoms with E-state index >= 15 is 0 Å². The molecule has 150 valence electrons. The van der Waals surface area contributed by atoms with Gasteiger partial charge in [0.05, 0.1) is 7.11 Å². The molecule has 1 unspecified atom stereocenters. The van der Waals surface area contributed by atoms with Gasteiger partial charge in [0.25, 0.3) is 5.91 Å². The lowest BCUT2D eigenvalue weighted by molar-refractivity contribution is 0.0788. The van der Waals surface area contributed by atoms with Gasteiger partial charge in [-0.3, -0.25) is 4.79 Å². The van der Waals surface area contributed by atoms with Gasteiger partial charge in [-0.15, -0.1) is 0 Å². The third-order valence-electron chi connectivity index (χ3n) is 4.79. The minimum atomic E-state index is -3.88. The van der Waals surface area contributed by atoms with E-state index in [1.807, 2.05) is 0 Å². The van der Waals surface area contributed by atoms with Crippen molar-refractivity contribution in [3.63, 3.8) is 0 Å². The fourth-order valence-corrected chi connectivity index (χ4v) is 4.52. The minimum Gasteiger partial charge on any atom is -0.495 e. The number of rotatable bonds is 6. The van der Waals surface area contributed by atoms with Crippen LogP contribution in [0.15, 0.2) is 47.4 Å². The van der Waals surface area contributed by atoms with E-state index in [9.17, 15) is 13.2 Å². The minimum absolute atomic E-state index is 0.0536. The lowest BCUT2D eigenvalue weighted by Gasteiger charge is -2.17. The van der Waals surface area contributed by atoms with Crippen molar-refractivity contribution in [2.45, 2.75) is 24.8 Å². The summed E-state index contributed by atoms with van der Waals surface area (Å²) < 4.78 is 33.5. The monoisotopic (exact) mass is 422 g/mol. The van der Waals surface area contributed by atoms with Crippen molar-refractivity contribution >= 4 is 27.5 Å². The Morgan fingerprint density at radius 1 is 1.25 bits per heavy atom. The number of methoxy groups -OCH3 is 1. The molecule has 0 saturated carbocycles. The first kappa shape index (κ1) is 20.6. The second-order valence-corrected chi connectivity index (χ2v) is 9.13. The van der Waals surface area contributed by atoms with E-state index in [0.29, 0.717) is 29.6 Å². The van der Waals surface area contributed by atoms with Crippen molar-refractivity contribution < 1.29 is 17.9 Å². The molecule has 0 aromatic heterocycles. The molecule has 2 aromatic rings. The summed E-state index contributed by atoms with van der Waals surface area (Å²) in [5, 5.41) is 0.579. The van der Waals surface area contributed by atoms with Gasteiger partial charge in [-0.2, -0.15) is 0 Å². The Balaban J connectivity index is 1.84. The molecule has 1 saturated heterocycles. The van der Waals surface area contributed by atoms with Crippen molar-refractivity contribution in [1.29, 1.82) is 0 Å². The number of ether oxygens (including phenoxy) is 1. The van der Waals surface area contributed by atoms with Gasteiger partial charge in [-0.1, -0.05) is 30.7 Å². The lowest BCUT2D eigenvalue weighted by atomic mass is 10.1. The van der Waals surface area contributed by atoms with Gasteiger partial charge in [-0.05, 0) is 48.2 Å². The quantitative estimate of drug-likeness (QED) is 0.774. The second kappa shape index (κ2) is 8.51. The highest BCUT2D eigenvalue weighted by Gasteiger charge is 2.27. The van der Waals surface area contributed by atoms with Crippen LogP contribution in [-0.4, -0.2) is 39.4 Å². The van der Waals surface area contributed by atoms with Gasteiger partial charge >= 0.3 is 0 Å². The van der Waals surface area contributed by atoms with E-state index in [4.69, 9.17) is 16.3 Å². The van der Waals surface area contributed by atoms with Crippen molar-refractivity contribution in [1.82, 2.24) is 9.62 Å². The maximum Gasteiger partial charge on any atom is 0.253 e. The SMILES string of the molecule is COc1ccc(C(=O)N2CCC(C)C2)cc1S(=O)(=O)NCc1ccc(Cl)cc1. The van der Waals surface area contributed by atoms with Crippen LogP contribution < -0.4 is 9.46 Å². The molecule has 1 N–H and O–H groups in total. The molecule has 0 radical (unpaired) electrons. The number of carbonyl (C=O) groups is 1. The normalized spacial score (nSPS) is 17.0. The third-order valence-corrected chi connectivity index (χ3v) is 6.47. The van der Waals surface area contributed by atoms with Crippen LogP contribution in [0.25, 0.3) is 0 Å². The molecule has 1 fully saturated rings. The Bertz CT molecular complexity index is 961. The van der Waals surface area contributed by atoms with Crippen molar-refractivity contribution in [3.05, 3.63) is 58.6 Å². The molecule has 1 heterocycles. The predicted octanol–water partition coefficient (Wildman–Crippen LogP) is 3.31. The van der Waals surface area contributed by atoms with Crippen LogP contribution in [0.5, 0.6) is 5.75 Å². The molecule has 0 spiro atoms. The molecular formula is C20H23ClN2O4S. The number of carbonyl (C=O) groups excluding carboxylic acids is 1. The fourth-order valence-electron chi connectivity index (χ4n) is 3.18. The third kappa shape index (κ3) is 4.66. The molecule has 6 nitrogen and oxygen atoms in total. The summed E-state index contributed by atoms with van der Waals surface area (Å²) in [5.41, 5.74) is 1.10. The highest BCUT2D eigenvalue weighted by Crippen LogP contribution is 2.27.